The monoisotopic (exact) mass is 466 g/mol. The van der Waals surface area contributed by atoms with Crippen molar-refractivity contribution in [1.29, 1.82) is 0 Å². The van der Waals surface area contributed by atoms with E-state index in [0.29, 0.717) is 0 Å². The minimum atomic E-state index is -5.87. The molecule has 32 heavy (non-hydrogen) atoms. The summed E-state index contributed by atoms with van der Waals surface area (Å²) in [6.45, 7) is 2.81. The number of imide groups is 1. The molecule has 0 saturated heterocycles. The van der Waals surface area contributed by atoms with E-state index in [1.165, 1.54) is 31.4 Å². The van der Waals surface area contributed by atoms with E-state index in [4.69, 9.17) is 16.3 Å². The van der Waals surface area contributed by atoms with Crippen LogP contribution in [0.4, 0.5) is 5.69 Å². The Bertz CT molecular complexity index is 1430. The van der Waals surface area contributed by atoms with Crippen LogP contribution in [0.15, 0.2) is 36.4 Å². The highest BCUT2D eigenvalue weighted by molar-refractivity contribution is 7.90. The first-order valence-electron chi connectivity index (χ1n) is 12.3. The number of anilines is 1. The molecule has 1 N–H and O–H groups in total. The van der Waals surface area contributed by atoms with Crippen molar-refractivity contribution in [1.82, 2.24) is 4.90 Å². The van der Waals surface area contributed by atoms with Crippen LogP contribution < -0.4 is 14.8 Å². The number of carbonyl (C=O) groups excluding carboxylic acids is 3. The minimum absolute atomic E-state index is 0.0454. The van der Waals surface area contributed by atoms with E-state index in [-0.39, 0.29) is 34.3 Å². The number of fused-ring (bicyclic) bond motifs is 1. The maximum absolute atomic E-state index is 13.7. The number of hydrogen-bond acceptors (Lipinski definition) is 7. The third kappa shape index (κ3) is 4.59. The molecule has 0 aromatic heterocycles. The first-order valence-corrected chi connectivity index (χ1v) is 10.8. The summed E-state index contributed by atoms with van der Waals surface area (Å²) in [4.78, 5) is 38.9. The number of nitrogens with zero attached hydrogens (tertiary/aromatic N) is 1. The Labute approximate surface area is 194 Å². The van der Waals surface area contributed by atoms with Gasteiger partial charge in [0.2, 0.25) is 5.91 Å². The zero-order valence-electron chi connectivity index (χ0n) is 23.4. The average molecular weight is 467 g/mol. The highest BCUT2D eigenvalue weighted by Gasteiger charge is 2.43. The molecule has 0 aliphatic carbocycles. The molecule has 0 fully saturated rings. The van der Waals surface area contributed by atoms with E-state index < -0.39 is 56.6 Å². The van der Waals surface area contributed by atoms with Gasteiger partial charge in [-0.1, -0.05) is 12.1 Å². The van der Waals surface area contributed by atoms with Crippen molar-refractivity contribution in [3.05, 3.63) is 53.1 Å². The maximum atomic E-state index is 13.7. The summed E-state index contributed by atoms with van der Waals surface area (Å²) in [7, 11) is -4.58. The number of ether oxygens (including phenoxy) is 2. The number of methoxy groups -OCH3 is 1. The smallest absolute Gasteiger partial charge is 0.264 e. The number of amides is 3. The SMILES string of the molecule is [2H]C([2H])([2H])S(=O)(=O)C([2H])([2H])[C@]([2H])(c1ccc(OC)c(OCC)c1)N1C(=O)c2cccc(NC(C)=O)c2C1=O. The Morgan fingerprint density at radius 1 is 1.25 bits per heavy atom. The lowest BCUT2D eigenvalue weighted by atomic mass is 10.1. The van der Waals surface area contributed by atoms with Crippen LogP contribution in [-0.2, 0) is 14.6 Å². The molecular formula is C22H24N2O7S. The molecule has 2 aromatic rings. The van der Waals surface area contributed by atoms with E-state index in [1.807, 2.05) is 0 Å². The van der Waals surface area contributed by atoms with Crippen LogP contribution in [0, 0.1) is 0 Å². The van der Waals surface area contributed by atoms with Gasteiger partial charge in [0.15, 0.2) is 11.5 Å². The van der Waals surface area contributed by atoms with Crippen LogP contribution in [-0.4, -0.2) is 56.6 Å². The van der Waals surface area contributed by atoms with Gasteiger partial charge in [-0.3, -0.25) is 19.3 Å². The zero-order valence-corrected chi connectivity index (χ0v) is 18.2. The third-order valence-electron chi connectivity index (χ3n) is 4.42. The Morgan fingerprint density at radius 3 is 2.62 bits per heavy atom. The normalized spacial score (nSPS) is 18.8. The molecule has 9 nitrogen and oxygen atoms in total. The van der Waals surface area contributed by atoms with Gasteiger partial charge < -0.3 is 14.8 Å². The zero-order chi connectivity index (χ0) is 28.8. The predicted octanol–water partition coefficient (Wildman–Crippen LogP) is 2.43. The van der Waals surface area contributed by atoms with Gasteiger partial charge in [0.25, 0.3) is 11.8 Å². The topological polar surface area (TPSA) is 119 Å². The summed E-state index contributed by atoms with van der Waals surface area (Å²) in [5.41, 5.74) is -5.56. The Kier molecular flexibility index (Phi) is 4.57. The molecule has 1 aliphatic rings. The molecule has 0 saturated carbocycles. The van der Waals surface area contributed by atoms with E-state index in [1.54, 1.807) is 6.92 Å². The summed E-state index contributed by atoms with van der Waals surface area (Å²) in [5, 5.41) is 2.36. The second kappa shape index (κ2) is 8.99. The van der Waals surface area contributed by atoms with E-state index in [2.05, 4.69) is 5.32 Å². The third-order valence-corrected chi connectivity index (χ3v) is 4.88. The van der Waals surface area contributed by atoms with E-state index in [9.17, 15) is 24.2 Å². The van der Waals surface area contributed by atoms with Crippen molar-refractivity contribution in [3.63, 3.8) is 0 Å². The van der Waals surface area contributed by atoms with E-state index in [0.717, 1.165) is 19.1 Å². The van der Waals surface area contributed by atoms with Crippen LogP contribution >= 0.6 is 0 Å². The van der Waals surface area contributed by atoms with Crippen molar-refractivity contribution in [2.45, 2.75) is 19.9 Å². The van der Waals surface area contributed by atoms with Crippen molar-refractivity contribution in [2.75, 3.05) is 30.9 Å². The molecule has 1 aliphatic heterocycles. The van der Waals surface area contributed by atoms with Crippen molar-refractivity contribution in [2.24, 2.45) is 0 Å². The molecule has 0 bridgehead atoms. The second-order valence-electron chi connectivity index (χ2n) is 6.61. The molecular weight excluding hydrogens is 436 g/mol. The summed E-state index contributed by atoms with van der Waals surface area (Å²) in [6, 6.07) is 3.52. The van der Waals surface area contributed by atoms with Crippen LogP contribution in [0.25, 0.3) is 0 Å². The van der Waals surface area contributed by atoms with Gasteiger partial charge in [0, 0.05) is 20.0 Å². The fourth-order valence-corrected chi connectivity index (χ4v) is 3.70. The molecule has 1 atom stereocenters. The Balaban J connectivity index is 2.40. The largest absolute Gasteiger partial charge is 0.493 e. The number of carbonyl (C=O) groups is 3. The Morgan fingerprint density at radius 2 is 2.00 bits per heavy atom. The van der Waals surface area contributed by atoms with Crippen LogP contribution in [0.3, 0.4) is 0 Å². The number of sulfone groups is 1. The highest BCUT2D eigenvalue weighted by atomic mass is 32.2. The van der Waals surface area contributed by atoms with Gasteiger partial charge in [-0.15, -0.1) is 0 Å². The van der Waals surface area contributed by atoms with Gasteiger partial charge in [0.05, 0.1) is 43.6 Å². The average Bonchev–Trinajstić information content (AvgIpc) is 3.08. The summed E-state index contributed by atoms with van der Waals surface area (Å²) < 4.78 is 85.3. The second-order valence-corrected chi connectivity index (χ2v) is 7.82. The molecule has 10 heteroatoms. The van der Waals surface area contributed by atoms with Crippen LogP contribution in [0.1, 0.15) is 54.4 Å². The molecule has 0 unspecified atom stereocenters. The highest BCUT2D eigenvalue weighted by Crippen LogP contribution is 2.38. The van der Waals surface area contributed by atoms with Crippen molar-refractivity contribution < 1.29 is 40.5 Å². The van der Waals surface area contributed by atoms with Gasteiger partial charge in [-0.05, 0) is 36.8 Å². The van der Waals surface area contributed by atoms with Gasteiger partial charge in [-0.2, -0.15) is 0 Å². The molecule has 3 rings (SSSR count). The lowest BCUT2D eigenvalue weighted by Gasteiger charge is -2.27. The van der Waals surface area contributed by atoms with Gasteiger partial charge in [0.1, 0.15) is 9.84 Å². The lowest BCUT2D eigenvalue weighted by molar-refractivity contribution is -0.114. The molecule has 0 radical (unpaired) electrons. The van der Waals surface area contributed by atoms with Crippen molar-refractivity contribution >= 4 is 33.2 Å². The maximum Gasteiger partial charge on any atom is 0.264 e. The number of hydrogen-bond donors (Lipinski definition) is 1. The number of nitrogens with one attached hydrogen (secondary N) is 1. The van der Waals surface area contributed by atoms with Gasteiger partial charge in [-0.25, -0.2) is 8.42 Å². The minimum Gasteiger partial charge on any atom is -0.493 e. The molecule has 3 amide bonds. The molecule has 1 heterocycles. The first-order chi connectivity index (χ1) is 17.5. The van der Waals surface area contributed by atoms with Crippen molar-refractivity contribution in [3.8, 4) is 11.5 Å². The molecule has 170 valence electrons. The molecule has 0 spiro atoms. The standard InChI is InChI=1S/C22H24N2O7S/c1-5-31-19-11-14(9-10-18(19)30-3)17(12-32(4,28)29)24-21(26)15-7-6-8-16(23-13(2)25)20(15)22(24)27/h6-11,17H,5,12H2,1-4H3,(H,23,25)/t17-/m1/s1/i4D3,12D2,17D. The quantitative estimate of drug-likeness (QED) is 0.594. The molecule has 2 aromatic carbocycles. The van der Waals surface area contributed by atoms with Crippen LogP contribution in [0.2, 0.25) is 0 Å². The number of benzene rings is 2. The predicted molar refractivity (Wildman–Crippen MR) is 118 cm³/mol. The summed E-state index contributed by atoms with van der Waals surface area (Å²) in [6.07, 6.45) is -3.96. The van der Waals surface area contributed by atoms with E-state index >= 15 is 0 Å². The first kappa shape index (κ1) is 16.3. The summed E-state index contributed by atoms with van der Waals surface area (Å²) >= 11 is 0. The summed E-state index contributed by atoms with van der Waals surface area (Å²) in [5.74, 6) is -3.17. The Hall–Kier alpha value is -3.40. The van der Waals surface area contributed by atoms with Crippen LogP contribution in [0.5, 0.6) is 11.5 Å². The van der Waals surface area contributed by atoms with Gasteiger partial charge >= 0.3 is 0 Å². The fourth-order valence-electron chi connectivity index (χ4n) is 3.24. The lowest BCUT2D eigenvalue weighted by Crippen LogP contribution is -2.37. The fraction of sp³-hybridized carbons (Fsp3) is 0.318. The number of rotatable bonds is 8.